The van der Waals surface area contributed by atoms with Gasteiger partial charge in [-0.3, -0.25) is 9.59 Å². The Morgan fingerprint density at radius 1 is 1.10 bits per heavy atom. The number of piperidine rings is 1. The molecule has 1 aromatic carbocycles. The summed E-state index contributed by atoms with van der Waals surface area (Å²) in [5.74, 6) is 1.63. The highest BCUT2D eigenvalue weighted by Crippen LogP contribution is 2.25. The Balaban J connectivity index is 1.25. The molecule has 2 aliphatic heterocycles. The molecular formula is C28H39ClN6O3S. The second kappa shape index (κ2) is 14.2. The summed E-state index contributed by atoms with van der Waals surface area (Å²) in [6.07, 6.45) is 4.80. The van der Waals surface area contributed by atoms with Gasteiger partial charge in [0.1, 0.15) is 16.7 Å². The molecule has 11 heteroatoms. The number of nitrogens with zero attached hydrogens (tertiary/aromatic N) is 5. The molecule has 2 fully saturated rings. The number of hydrogen-bond acceptors (Lipinski definition) is 8. The van der Waals surface area contributed by atoms with Gasteiger partial charge >= 0.3 is 0 Å². The van der Waals surface area contributed by atoms with E-state index in [1.807, 2.05) is 11.8 Å². The maximum absolute atomic E-state index is 13.1. The van der Waals surface area contributed by atoms with Gasteiger partial charge in [-0.1, -0.05) is 29.8 Å². The van der Waals surface area contributed by atoms with Crippen molar-refractivity contribution in [1.82, 2.24) is 25.1 Å². The smallest absolute Gasteiger partial charge is 0.254 e. The van der Waals surface area contributed by atoms with Crippen LogP contribution in [0.2, 0.25) is 5.15 Å². The van der Waals surface area contributed by atoms with E-state index in [-0.39, 0.29) is 23.6 Å². The average molecular weight is 575 g/mol. The zero-order valence-electron chi connectivity index (χ0n) is 23.1. The number of anilines is 1. The summed E-state index contributed by atoms with van der Waals surface area (Å²) >= 11 is 7.60. The Morgan fingerprint density at radius 2 is 1.90 bits per heavy atom. The second-order valence-electron chi connectivity index (χ2n) is 10.2. The summed E-state index contributed by atoms with van der Waals surface area (Å²) in [6.45, 7) is 8.98. The number of amides is 2. The Labute approximate surface area is 240 Å². The molecule has 2 amide bonds. The monoisotopic (exact) mass is 574 g/mol. The van der Waals surface area contributed by atoms with Gasteiger partial charge < -0.3 is 24.8 Å². The van der Waals surface area contributed by atoms with Crippen LogP contribution < -0.4 is 15.0 Å². The fourth-order valence-electron chi connectivity index (χ4n) is 5.16. The minimum absolute atomic E-state index is 0.00165. The molecule has 0 radical (unpaired) electrons. The first-order chi connectivity index (χ1) is 18.8. The van der Waals surface area contributed by atoms with Gasteiger partial charge in [-0.15, -0.1) is 0 Å². The molecule has 0 saturated carbocycles. The largest absolute Gasteiger partial charge is 0.497 e. The van der Waals surface area contributed by atoms with Crippen LogP contribution in [0.1, 0.15) is 49.9 Å². The molecule has 2 aliphatic rings. The second-order valence-corrected chi connectivity index (χ2v) is 11.6. The van der Waals surface area contributed by atoms with E-state index < -0.39 is 0 Å². The van der Waals surface area contributed by atoms with E-state index in [0.29, 0.717) is 53.9 Å². The normalized spacial score (nSPS) is 20.1. The molecule has 39 heavy (non-hydrogen) atoms. The van der Waals surface area contributed by atoms with E-state index in [4.69, 9.17) is 16.3 Å². The molecule has 9 nitrogen and oxygen atoms in total. The van der Waals surface area contributed by atoms with Crippen LogP contribution in [0, 0.1) is 0 Å². The van der Waals surface area contributed by atoms with Crippen molar-refractivity contribution >= 4 is 41.0 Å². The standard InChI is InChI=1S/C28H39ClN6O3S/c1-20-7-4-5-13-33(20)14-6-12-30-26(36)19-39-28-31-24(29)17-25(32-28)34-15-16-35(21(2)18-34)27(37)22-8-10-23(38-3)11-9-22/h8-11,17,20-21H,4-7,12-16,18-19H2,1-3H3,(H,30,36). The lowest BCUT2D eigenvalue weighted by atomic mass is 10.0. The molecule has 1 N–H and O–H groups in total. The summed E-state index contributed by atoms with van der Waals surface area (Å²) in [5.41, 5.74) is 0.638. The number of carbonyl (C=O) groups is 2. The van der Waals surface area contributed by atoms with E-state index in [9.17, 15) is 9.59 Å². The van der Waals surface area contributed by atoms with Gasteiger partial charge in [0, 0.05) is 56.4 Å². The third kappa shape index (κ3) is 8.22. The van der Waals surface area contributed by atoms with Crippen molar-refractivity contribution in [2.24, 2.45) is 0 Å². The van der Waals surface area contributed by atoms with Crippen LogP contribution in [0.25, 0.3) is 0 Å². The Hall–Kier alpha value is -2.56. The summed E-state index contributed by atoms with van der Waals surface area (Å²) in [5, 5.41) is 3.82. The van der Waals surface area contributed by atoms with E-state index in [2.05, 4.69) is 32.0 Å². The van der Waals surface area contributed by atoms with Crippen molar-refractivity contribution in [3.63, 3.8) is 0 Å². The van der Waals surface area contributed by atoms with Gasteiger partial charge in [0.25, 0.3) is 5.91 Å². The van der Waals surface area contributed by atoms with Crippen molar-refractivity contribution in [2.45, 2.75) is 56.8 Å². The highest BCUT2D eigenvalue weighted by Gasteiger charge is 2.29. The van der Waals surface area contributed by atoms with Gasteiger partial charge in [0.15, 0.2) is 5.16 Å². The third-order valence-electron chi connectivity index (χ3n) is 7.43. The van der Waals surface area contributed by atoms with E-state index in [0.717, 1.165) is 25.3 Å². The van der Waals surface area contributed by atoms with Crippen LogP contribution in [-0.2, 0) is 4.79 Å². The van der Waals surface area contributed by atoms with Crippen LogP contribution >= 0.6 is 23.4 Å². The molecule has 2 saturated heterocycles. The molecule has 2 unspecified atom stereocenters. The zero-order chi connectivity index (χ0) is 27.8. The lowest BCUT2D eigenvalue weighted by molar-refractivity contribution is -0.118. The van der Waals surface area contributed by atoms with Gasteiger partial charge in [-0.2, -0.15) is 0 Å². The third-order valence-corrected chi connectivity index (χ3v) is 8.47. The predicted molar refractivity (Wildman–Crippen MR) is 156 cm³/mol. The number of thioether (sulfide) groups is 1. The van der Waals surface area contributed by atoms with Gasteiger partial charge in [-0.25, -0.2) is 9.97 Å². The molecule has 0 bridgehead atoms. The summed E-state index contributed by atoms with van der Waals surface area (Å²) in [7, 11) is 1.61. The Morgan fingerprint density at radius 3 is 2.62 bits per heavy atom. The van der Waals surface area contributed by atoms with E-state index >= 15 is 0 Å². The minimum Gasteiger partial charge on any atom is -0.497 e. The molecule has 2 atom stereocenters. The van der Waals surface area contributed by atoms with Crippen molar-refractivity contribution in [2.75, 3.05) is 57.0 Å². The van der Waals surface area contributed by atoms with Crippen molar-refractivity contribution in [1.29, 1.82) is 0 Å². The van der Waals surface area contributed by atoms with Crippen LogP contribution in [0.5, 0.6) is 5.75 Å². The van der Waals surface area contributed by atoms with E-state index in [1.54, 1.807) is 37.4 Å². The van der Waals surface area contributed by atoms with Crippen molar-refractivity contribution in [3.8, 4) is 5.75 Å². The molecular weight excluding hydrogens is 536 g/mol. The number of methoxy groups -OCH3 is 1. The number of nitrogens with one attached hydrogen (secondary N) is 1. The zero-order valence-corrected chi connectivity index (χ0v) is 24.6. The number of rotatable bonds is 10. The summed E-state index contributed by atoms with van der Waals surface area (Å²) < 4.78 is 5.19. The fraction of sp³-hybridized carbons (Fsp3) is 0.571. The minimum atomic E-state index is -0.0314. The number of halogens is 1. The summed E-state index contributed by atoms with van der Waals surface area (Å²) in [6, 6.07) is 9.54. The molecule has 2 aromatic rings. The number of hydrogen-bond donors (Lipinski definition) is 1. The number of ether oxygens (including phenoxy) is 1. The number of piperazine rings is 1. The van der Waals surface area contributed by atoms with Gasteiger partial charge in [0.2, 0.25) is 5.91 Å². The molecule has 3 heterocycles. The van der Waals surface area contributed by atoms with Gasteiger partial charge in [0.05, 0.1) is 12.9 Å². The SMILES string of the molecule is COc1ccc(C(=O)N2CCN(c3cc(Cl)nc(SCC(=O)NCCCN4CCCCC4C)n3)CC2C)cc1. The van der Waals surface area contributed by atoms with Crippen molar-refractivity contribution in [3.05, 3.63) is 41.0 Å². The first-order valence-electron chi connectivity index (χ1n) is 13.7. The first kappa shape index (κ1) is 29.4. The quantitative estimate of drug-likeness (QED) is 0.197. The highest BCUT2D eigenvalue weighted by atomic mass is 35.5. The molecule has 0 spiro atoms. The Bertz CT molecular complexity index is 1120. The van der Waals surface area contributed by atoms with E-state index in [1.165, 1.54) is 31.0 Å². The van der Waals surface area contributed by atoms with Crippen LogP contribution in [0.3, 0.4) is 0 Å². The maximum atomic E-state index is 13.1. The van der Waals surface area contributed by atoms with Crippen LogP contribution in [0.4, 0.5) is 5.82 Å². The number of carbonyl (C=O) groups excluding carboxylic acids is 2. The average Bonchev–Trinajstić information content (AvgIpc) is 2.94. The molecule has 212 valence electrons. The van der Waals surface area contributed by atoms with Gasteiger partial charge in [-0.05, 0) is 63.9 Å². The lowest BCUT2D eigenvalue weighted by Gasteiger charge is -2.40. The number of aromatic nitrogens is 2. The number of likely N-dealkylation sites (tertiary alicyclic amines) is 1. The lowest BCUT2D eigenvalue weighted by Crippen LogP contribution is -2.54. The van der Waals surface area contributed by atoms with Crippen LogP contribution in [0.15, 0.2) is 35.5 Å². The fourth-order valence-corrected chi connectivity index (χ4v) is 6.07. The summed E-state index contributed by atoms with van der Waals surface area (Å²) in [4.78, 5) is 41.0. The Kier molecular flexibility index (Phi) is 10.7. The predicted octanol–water partition coefficient (Wildman–Crippen LogP) is 3.96. The topological polar surface area (TPSA) is 90.9 Å². The molecule has 4 rings (SSSR count). The highest BCUT2D eigenvalue weighted by molar-refractivity contribution is 7.99. The van der Waals surface area contributed by atoms with Crippen molar-refractivity contribution < 1.29 is 14.3 Å². The maximum Gasteiger partial charge on any atom is 0.254 e. The first-order valence-corrected chi connectivity index (χ1v) is 15.1. The molecule has 0 aliphatic carbocycles. The van der Waals surface area contributed by atoms with Crippen LogP contribution in [-0.4, -0.2) is 95.8 Å². The number of benzene rings is 1. The molecule has 1 aromatic heterocycles.